The largest absolute Gasteiger partial charge is 0.416 e. The lowest BCUT2D eigenvalue weighted by atomic mass is 10.3. The SMILES string of the molecule is OC(CNc1ccncc1Br)C(F)(F)F. The molecule has 0 fully saturated rings. The highest BCUT2D eigenvalue weighted by Gasteiger charge is 2.37. The fourth-order valence-corrected chi connectivity index (χ4v) is 1.23. The van der Waals surface area contributed by atoms with Gasteiger partial charge >= 0.3 is 6.18 Å². The van der Waals surface area contributed by atoms with E-state index in [1.165, 1.54) is 18.5 Å². The van der Waals surface area contributed by atoms with Crippen molar-refractivity contribution < 1.29 is 18.3 Å². The summed E-state index contributed by atoms with van der Waals surface area (Å²) in [4.78, 5) is 3.75. The summed E-state index contributed by atoms with van der Waals surface area (Å²) in [6, 6.07) is 1.51. The number of hydrogen-bond donors (Lipinski definition) is 2. The maximum atomic E-state index is 11.9. The average Bonchev–Trinajstić information content (AvgIpc) is 2.14. The second-order valence-corrected chi connectivity index (χ2v) is 3.65. The van der Waals surface area contributed by atoms with Crippen molar-refractivity contribution in [1.29, 1.82) is 0 Å². The summed E-state index contributed by atoms with van der Waals surface area (Å²) in [5, 5.41) is 11.2. The standard InChI is InChI=1S/C8H8BrF3N2O/c9-5-3-13-2-1-6(5)14-4-7(15)8(10,11)12/h1-3,7,15H,4H2,(H,13,14). The molecule has 1 aromatic rings. The summed E-state index contributed by atoms with van der Waals surface area (Å²) in [7, 11) is 0. The summed E-state index contributed by atoms with van der Waals surface area (Å²) < 4.78 is 36.4. The van der Waals surface area contributed by atoms with Crippen LogP contribution >= 0.6 is 15.9 Å². The van der Waals surface area contributed by atoms with E-state index < -0.39 is 18.8 Å². The number of anilines is 1. The Labute approximate surface area is 92.5 Å². The summed E-state index contributed by atoms with van der Waals surface area (Å²) in [6.45, 7) is -0.591. The maximum Gasteiger partial charge on any atom is 0.416 e. The number of hydrogen-bond acceptors (Lipinski definition) is 3. The molecule has 0 aliphatic rings. The van der Waals surface area contributed by atoms with Crippen LogP contribution in [0.2, 0.25) is 0 Å². The summed E-state index contributed by atoms with van der Waals surface area (Å²) in [5.74, 6) is 0. The van der Waals surface area contributed by atoms with Gasteiger partial charge in [-0.1, -0.05) is 0 Å². The molecule has 2 N–H and O–H groups in total. The predicted molar refractivity (Wildman–Crippen MR) is 52.5 cm³/mol. The van der Waals surface area contributed by atoms with Crippen LogP contribution in [0.25, 0.3) is 0 Å². The van der Waals surface area contributed by atoms with Gasteiger partial charge in [-0.15, -0.1) is 0 Å². The Morgan fingerprint density at radius 3 is 2.73 bits per heavy atom. The lowest BCUT2D eigenvalue weighted by molar-refractivity contribution is -0.198. The van der Waals surface area contributed by atoms with Crippen molar-refractivity contribution in [3.05, 3.63) is 22.9 Å². The van der Waals surface area contributed by atoms with E-state index in [0.29, 0.717) is 10.2 Å². The Bertz CT molecular complexity index is 332. The van der Waals surface area contributed by atoms with Gasteiger partial charge in [-0.25, -0.2) is 0 Å². The molecule has 3 nitrogen and oxygen atoms in total. The van der Waals surface area contributed by atoms with E-state index in [-0.39, 0.29) is 0 Å². The van der Waals surface area contributed by atoms with Gasteiger partial charge in [-0.05, 0) is 22.0 Å². The molecule has 1 unspecified atom stereocenters. The third-order valence-electron chi connectivity index (χ3n) is 1.64. The fraction of sp³-hybridized carbons (Fsp3) is 0.375. The minimum atomic E-state index is -4.60. The molecule has 1 atom stereocenters. The van der Waals surface area contributed by atoms with Crippen molar-refractivity contribution in [3.63, 3.8) is 0 Å². The molecule has 0 bridgehead atoms. The summed E-state index contributed by atoms with van der Waals surface area (Å²) in [6.07, 6.45) is -4.10. The van der Waals surface area contributed by atoms with Gasteiger partial charge < -0.3 is 10.4 Å². The third-order valence-corrected chi connectivity index (χ3v) is 2.27. The molecule has 1 aromatic heterocycles. The molecule has 84 valence electrons. The van der Waals surface area contributed by atoms with Crippen molar-refractivity contribution in [2.24, 2.45) is 0 Å². The van der Waals surface area contributed by atoms with Crippen LogP contribution in [0.1, 0.15) is 0 Å². The van der Waals surface area contributed by atoms with Crippen LogP contribution in [-0.2, 0) is 0 Å². The molecule has 0 aliphatic heterocycles. The molecule has 0 aliphatic carbocycles. The first-order valence-electron chi connectivity index (χ1n) is 3.99. The van der Waals surface area contributed by atoms with Gasteiger partial charge in [-0.2, -0.15) is 13.2 Å². The maximum absolute atomic E-state index is 11.9. The van der Waals surface area contributed by atoms with Crippen LogP contribution in [0, 0.1) is 0 Å². The molecule has 0 saturated carbocycles. The minimum absolute atomic E-state index is 0.452. The number of halogens is 4. The number of rotatable bonds is 3. The Kier molecular flexibility index (Phi) is 3.92. The number of nitrogens with zero attached hydrogens (tertiary/aromatic N) is 1. The van der Waals surface area contributed by atoms with Crippen LogP contribution in [0.4, 0.5) is 18.9 Å². The van der Waals surface area contributed by atoms with E-state index in [1.54, 1.807) is 0 Å². The van der Waals surface area contributed by atoms with Gasteiger partial charge in [0.05, 0.1) is 10.2 Å². The number of alkyl halides is 3. The Hall–Kier alpha value is -0.820. The second-order valence-electron chi connectivity index (χ2n) is 2.79. The second kappa shape index (κ2) is 4.80. The van der Waals surface area contributed by atoms with Gasteiger partial charge in [0.25, 0.3) is 0 Å². The molecular weight excluding hydrogens is 277 g/mol. The number of nitrogens with one attached hydrogen (secondary N) is 1. The van der Waals surface area contributed by atoms with Crippen molar-refractivity contribution in [2.45, 2.75) is 12.3 Å². The highest BCUT2D eigenvalue weighted by atomic mass is 79.9. The number of aliphatic hydroxyl groups is 1. The van der Waals surface area contributed by atoms with E-state index in [0.717, 1.165) is 0 Å². The van der Waals surface area contributed by atoms with Gasteiger partial charge in [0.1, 0.15) is 0 Å². The summed E-state index contributed by atoms with van der Waals surface area (Å²) >= 11 is 3.11. The molecule has 15 heavy (non-hydrogen) atoms. The molecule has 1 heterocycles. The van der Waals surface area contributed by atoms with E-state index in [2.05, 4.69) is 26.2 Å². The Morgan fingerprint density at radius 1 is 1.53 bits per heavy atom. The van der Waals surface area contributed by atoms with E-state index in [1.807, 2.05) is 0 Å². The van der Waals surface area contributed by atoms with Crippen molar-refractivity contribution in [2.75, 3.05) is 11.9 Å². The average molecular weight is 285 g/mol. The van der Waals surface area contributed by atoms with Crippen molar-refractivity contribution >= 4 is 21.6 Å². The van der Waals surface area contributed by atoms with Crippen LogP contribution < -0.4 is 5.32 Å². The number of aliphatic hydroxyl groups excluding tert-OH is 1. The molecule has 1 rings (SSSR count). The lowest BCUT2D eigenvalue weighted by Gasteiger charge is -2.16. The van der Waals surface area contributed by atoms with E-state index in [9.17, 15) is 13.2 Å². The molecule has 0 spiro atoms. The van der Waals surface area contributed by atoms with Crippen LogP contribution in [-0.4, -0.2) is 28.9 Å². The monoisotopic (exact) mass is 284 g/mol. The summed E-state index contributed by atoms with van der Waals surface area (Å²) in [5.41, 5.74) is 0.452. The van der Waals surface area contributed by atoms with E-state index in [4.69, 9.17) is 5.11 Å². The van der Waals surface area contributed by atoms with Crippen molar-refractivity contribution in [1.82, 2.24) is 4.98 Å². The first-order chi connectivity index (χ1) is 6.91. The molecule has 0 aromatic carbocycles. The lowest BCUT2D eigenvalue weighted by Crippen LogP contribution is -2.35. The number of pyridine rings is 1. The molecule has 7 heteroatoms. The first-order valence-corrected chi connectivity index (χ1v) is 4.78. The third kappa shape index (κ3) is 3.67. The van der Waals surface area contributed by atoms with Crippen LogP contribution in [0.5, 0.6) is 0 Å². The highest BCUT2D eigenvalue weighted by molar-refractivity contribution is 9.10. The predicted octanol–water partition coefficient (Wildman–Crippen LogP) is 2.18. The zero-order chi connectivity index (χ0) is 11.5. The Balaban J connectivity index is 2.55. The molecule has 0 saturated heterocycles. The van der Waals surface area contributed by atoms with E-state index >= 15 is 0 Å². The highest BCUT2D eigenvalue weighted by Crippen LogP contribution is 2.23. The van der Waals surface area contributed by atoms with Gasteiger partial charge in [0, 0.05) is 18.9 Å². The zero-order valence-electron chi connectivity index (χ0n) is 7.42. The zero-order valence-corrected chi connectivity index (χ0v) is 9.01. The minimum Gasteiger partial charge on any atom is -0.382 e. The first kappa shape index (κ1) is 12.3. The van der Waals surface area contributed by atoms with Gasteiger partial charge in [0.15, 0.2) is 6.10 Å². The van der Waals surface area contributed by atoms with Crippen LogP contribution in [0.15, 0.2) is 22.9 Å². The smallest absolute Gasteiger partial charge is 0.382 e. The van der Waals surface area contributed by atoms with Crippen molar-refractivity contribution in [3.8, 4) is 0 Å². The topological polar surface area (TPSA) is 45.1 Å². The van der Waals surface area contributed by atoms with Gasteiger partial charge in [-0.3, -0.25) is 4.98 Å². The van der Waals surface area contributed by atoms with Crippen LogP contribution in [0.3, 0.4) is 0 Å². The molecule has 0 radical (unpaired) electrons. The fourth-order valence-electron chi connectivity index (χ4n) is 0.841. The number of aromatic nitrogens is 1. The molecular formula is C8H8BrF3N2O. The Morgan fingerprint density at radius 2 is 2.20 bits per heavy atom. The molecule has 0 amide bonds. The quantitative estimate of drug-likeness (QED) is 0.894. The normalized spacial score (nSPS) is 13.7. The van der Waals surface area contributed by atoms with Gasteiger partial charge in [0.2, 0.25) is 0 Å².